The van der Waals surface area contributed by atoms with Crippen molar-refractivity contribution in [1.82, 2.24) is 14.5 Å². The minimum absolute atomic E-state index is 0.0661. The second-order valence-corrected chi connectivity index (χ2v) is 10.5. The van der Waals surface area contributed by atoms with Gasteiger partial charge < -0.3 is 14.5 Å². The number of fused-ring (bicyclic) bond motifs is 5. The molecule has 32 heavy (non-hydrogen) atoms. The Morgan fingerprint density at radius 1 is 1.06 bits per heavy atom. The van der Waals surface area contributed by atoms with Crippen LogP contribution in [0, 0.1) is 0 Å². The molecule has 2 unspecified atom stereocenters. The van der Waals surface area contributed by atoms with Crippen LogP contribution < -0.4 is 9.46 Å². The number of nitrogens with zero attached hydrogens (tertiary/aromatic N) is 2. The molecular formula is C24H31N3O4S. The fraction of sp³-hybridized carbons (Fsp3) is 0.458. The van der Waals surface area contributed by atoms with Crippen LogP contribution >= 0.6 is 0 Å². The second-order valence-electron chi connectivity index (χ2n) is 8.71. The molecule has 0 saturated carbocycles. The van der Waals surface area contributed by atoms with E-state index in [1.807, 2.05) is 35.2 Å². The third kappa shape index (κ3) is 5.24. The van der Waals surface area contributed by atoms with Gasteiger partial charge in [-0.25, -0.2) is 17.9 Å². The first-order valence-corrected chi connectivity index (χ1v) is 13.0. The molecule has 1 N–H and O–H groups in total. The maximum atomic E-state index is 13.3. The topological polar surface area (TPSA) is 79.0 Å². The van der Waals surface area contributed by atoms with Crippen molar-refractivity contribution in [1.29, 1.82) is 0 Å². The summed E-state index contributed by atoms with van der Waals surface area (Å²) in [5.41, 5.74) is 3.14. The van der Waals surface area contributed by atoms with Gasteiger partial charge in [-0.3, -0.25) is 0 Å². The van der Waals surface area contributed by atoms with Gasteiger partial charge in [0.1, 0.15) is 5.75 Å². The molecule has 7 nitrogen and oxygen atoms in total. The summed E-state index contributed by atoms with van der Waals surface area (Å²) in [6.45, 7) is 1.70. The summed E-state index contributed by atoms with van der Waals surface area (Å²) in [5, 5.41) is 0. The van der Waals surface area contributed by atoms with Gasteiger partial charge in [0.2, 0.25) is 10.0 Å². The normalized spacial score (nSPS) is 22.4. The fourth-order valence-electron chi connectivity index (χ4n) is 4.70. The van der Waals surface area contributed by atoms with Gasteiger partial charge >= 0.3 is 6.03 Å². The monoisotopic (exact) mass is 457 g/mol. The lowest BCUT2D eigenvalue weighted by Gasteiger charge is -2.43. The molecular weight excluding hydrogens is 426 g/mol. The van der Waals surface area contributed by atoms with E-state index in [2.05, 4.69) is 22.9 Å². The van der Waals surface area contributed by atoms with Crippen LogP contribution in [0.4, 0.5) is 4.79 Å². The van der Waals surface area contributed by atoms with Gasteiger partial charge in [0.25, 0.3) is 0 Å². The van der Waals surface area contributed by atoms with Crippen LogP contribution in [0.2, 0.25) is 0 Å². The zero-order chi connectivity index (χ0) is 22.7. The van der Waals surface area contributed by atoms with Crippen molar-refractivity contribution in [2.45, 2.75) is 37.8 Å². The Morgan fingerprint density at radius 3 is 2.69 bits per heavy atom. The molecule has 8 heteroatoms. The first kappa shape index (κ1) is 22.6. The van der Waals surface area contributed by atoms with Crippen molar-refractivity contribution in [3.8, 4) is 16.9 Å². The van der Waals surface area contributed by atoms with Gasteiger partial charge in [0, 0.05) is 31.7 Å². The van der Waals surface area contributed by atoms with E-state index in [0.29, 0.717) is 39.0 Å². The predicted octanol–water partition coefficient (Wildman–Crippen LogP) is 3.11. The zero-order valence-electron chi connectivity index (χ0n) is 18.7. The molecule has 4 rings (SSSR count). The highest BCUT2D eigenvalue weighted by molar-refractivity contribution is 7.88. The molecule has 2 atom stereocenters. The van der Waals surface area contributed by atoms with E-state index < -0.39 is 10.0 Å². The van der Waals surface area contributed by atoms with Crippen LogP contribution in [-0.4, -0.2) is 69.3 Å². The van der Waals surface area contributed by atoms with Crippen LogP contribution in [-0.2, 0) is 16.4 Å². The highest BCUT2D eigenvalue weighted by Gasteiger charge is 2.37. The minimum Gasteiger partial charge on any atom is -0.493 e. The van der Waals surface area contributed by atoms with Crippen LogP contribution in [0.15, 0.2) is 48.5 Å². The summed E-state index contributed by atoms with van der Waals surface area (Å²) < 4.78 is 33.0. The lowest BCUT2D eigenvalue weighted by atomic mass is 9.90. The molecule has 0 aliphatic carbocycles. The first-order chi connectivity index (χ1) is 15.3. The molecule has 2 aromatic rings. The van der Waals surface area contributed by atoms with E-state index in [-0.39, 0.29) is 18.1 Å². The largest absolute Gasteiger partial charge is 0.493 e. The number of ether oxygens (including phenoxy) is 1. The van der Waals surface area contributed by atoms with Crippen molar-refractivity contribution >= 4 is 16.1 Å². The standard InChI is InChI=1S/C24H31N3O4S/c1-26-13-7-15-31-23-12-4-3-10-20(23)19-9-5-8-18(16-19)17-22-21(25-32(2,29)30)11-6-14-27(22)24(26)28/h3-5,8-10,12,16,21-22,25H,6-7,11,13-15,17H2,1-2H3. The smallest absolute Gasteiger partial charge is 0.320 e. The zero-order valence-corrected chi connectivity index (χ0v) is 19.5. The number of benzene rings is 2. The number of sulfonamides is 1. The van der Waals surface area contributed by atoms with E-state index >= 15 is 0 Å². The first-order valence-electron chi connectivity index (χ1n) is 11.1. The Bertz CT molecular complexity index is 1070. The predicted molar refractivity (Wildman–Crippen MR) is 125 cm³/mol. The van der Waals surface area contributed by atoms with Crippen LogP contribution in [0.1, 0.15) is 24.8 Å². The lowest BCUT2D eigenvalue weighted by molar-refractivity contribution is 0.107. The number of nitrogens with one attached hydrogen (secondary N) is 1. The van der Waals surface area contributed by atoms with Crippen molar-refractivity contribution < 1.29 is 17.9 Å². The maximum absolute atomic E-state index is 13.3. The van der Waals surface area contributed by atoms with E-state index in [4.69, 9.17) is 4.74 Å². The Hall–Kier alpha value is -2.58. The number of urea groups is 1. The van der Waals surface area contributed by atoms with Gasteiger partial charge in [-0.1, -0.05) is 42.5 Å². The molecule has 2 bridgehead atoms. The maximum Gasteiger partial charge on any atom is 0.320 e. The minimum atomic E-state index is -3.39. The third-order valence-electron chi connectivity index (χ3n) is 6.18. The number of carbonyl (C=O) groups excluding carboxylic acids is 1. The Labute approximate surface area is 190 Å². The summed E-state index contributed by atoms with van der Waals surface area (Å²) >= 11 is 0. The fourth-order valence-corrected chi connectivity index (χ4v) is 5.52. The highest BCUT2D eigenvalue weighted by atomic mass is 32.2. The summed E-state index contributed by atoms with van der Waals surface area (Å²) in [7, 11) is -1.60. The Morgan fingerprint density at radius 2 is 1.88 bits per heavy atom. The van der Waals surface area contributed by atoms with Crippen molar-refractivity contribution in [3.05, 3.63) is 54.1 Å². The molecule has 0 spiro atoms. The Kier molecular flexibility index (Phi) is 6.71. The lowest BCUT2D eigenvalue weighted by Crippen LogP contribution is -2.59. The molecule has 2 aromatic carbocycles. The van der Waals surface area contributed by atoms with E-state index in [9.17, 15) is 13.2 Å². The van der Waals surface area contributed by atoms with Crippen LogP contribution in [0.5, 0.6) is 5.75 Å². The second kappa shape index (κ2) is 9.50. The van der Waals surface area contributed by atoms with Crippen molar-refractivity contribution in [2.24, 2.45) is 0 Å². The van der Waals surface area contributed by atoms with Gasteiger partial charge in [-0.05, 0) is 42.9 Å². The molecule has 1 saturated heterocycles. The van der Waals surface area contributed by atoms with Gasteiger partial charge in [0.15, 0.2) is 0 Å². The molecule has 0 aromatic heterocycles. The average molecular weight is 458 g/mol. The number of hydrogen-bond donors (Lipinski definition) is 1. The highest BCUT2D eigenvalue weighted by Crippen LogP contribution is 2.32. The van der Waals surface area contributed by atoms with E-state index in [0.717, 1.165) is 28.9 Å². The van der Waals surface area contributed by atoms with Gasteiger partial charge in [0.05, 0.1) is 18.9 Å². The summed E-state index contributed by atoms with van der Waals surface area (Å²) in [6, 6.07) is 15.6. The molecule has 2 amide bonds. The van der Waals surface area contributed by atoms with Gasteiger partial charge in [-0.2, -0.15) is 0 Å². The summed E-state index contributed by atoms with van der Waals surface area (Å²) in [4.78, 5) is 16.9. The number of rotatable bonds is 2. The van der Waals surface area contributed by atoms with Crippen molar-refractivity contribution in [3.63, 3.8) is 0 Å². The average Bonchev–Trinajstić information content (AvgIpc) is 2.76. The third-order valence-corrected chi connectivity index (χ3v) is 6.91. The molecule has 0 radical (unpaired) electrons. The Balaban J connectivity index is 1.75. The number of carbonyl (C=O) groups is 1. The number of amides is 2. The molecule has 2 heterocycles. The SMILES string of the molecule is CN1CCCOc2ccccc2-c2cccc(c2)CC2C(NS(C)(=O)=O)CCCN2C1=O. The van der Waals surface area contributed by atoms with Gasteiger partial charge in [-0.15, -0.1) is 0 Å². The molecule has 1 fully saturated rings. The molecule has 172 valence electrons. The van der Waals surface area contributed by atoms with Crippen LogP contribution in [0.25, 0.3) is 11.1 Å². The molecule has 2 aliphatic heterocycles. The summed E-state index contributed by atoms with van der Waals surface area (Å²) in [6.07, 6.45) is 3.94. The van der Waals surface area contributed by atoms with Crippen molar-refractivity contribution in [2.75, 3.05) is 33.0 Å². The van der Waals surface area contributed by atoms with E-state index in [1.54, 1.807) is 11.9 Å². The number of para-hydroxylation sites is 1. The van der Waals surface area contributed by atoms with E-state index in [1.165, 1.54) is 6.26 Å². The number of hydrogen-bond acceptors (Lipinski definition) is 4. The van der Waals surface area contributed by atoms with Crippen LogP contribution in [0.3, 0.4) is 0 Å². The molecule has 2 aliphatic rings. The number of piperidine rings is 1. The summed E-state index contributed by atoms with van der Waals surface area (Å²) in [5.74, 6) is 0.826. The quantitative estimate of drug-likeness (QED) is 0.752.